The summed E-state index contributed by atoms with van der Waals surface area (Å²) < 4.78 is 19.1. The Hall–Kier alpha value is -2.07. The van der Waals surface area contributed by atoms with E-state index in [0.29, 0.717) is 17.0 Å². The van der Waals surface area contributed by atoms with E-state index in [-0.39, 0.29) is 5.56 Å². The van der Waals surface area contributed by atoms with Gasteiger partial charge in [0.25, 0.3) is 5.91 Å². The van der Waals surface area contributed by atoms with Crippen molar-refractivity contribution < 1.29 is 13.9 Å². The molecule has 0 saturated heterocycles. The van der Waals surface area contributed by atoms with Crippen LogP contribution in [0.3, 0.4) is 0 Å². The van der Waals surface area contributed by atoms with Gasteiger partial charge in [-0.1, -0.05) is 35.9 Å². The number of hydrogen-bond donors (Lipinski definition) is 1. The van der Waals surface area contributed by atoms with Gasteiger partial charge in [0, 0.05) is 17.2 Å². The minimum Gasteiger partial charge on any atom is -0.497 e. The summed E-state index contributed by atoms with van der Waals surface area (Å²) in [5, 5.41) is 2.67. The van der Waals surface area contributed by atoms with Gasteiger partial charge in [-0.2, -0.15) is 0 Å². The second-order valence-corrected chi connectivity index (χ2v) is 5.07. The van der Waals surface area contributed by atoms with E-state index in [1.807, 2.05) is 0 Å². The molecule has 0 fully saturated rings. The predicted octanol–water partition coefficient (Wildman–Crippen LogP) is 3.27. The highest BCUT2D eigenvalue weighted by molar-refractivity contribution is 6.41. The molecule has 0 saturated carbocycles. The summed E-state index contributed by atoms with van der Waals surface area (Å²) in [7, 11) is 1.53. The first-order valence-electron chi connectivity index (χ1n) is 6.01. The number of fused-ring (bicyclic) bond motifs is 1. The highest BCUT2D eigenvalue weighted by Gasteiger charge is 2.48. The topological polar surface area (TPSA) is 38.3 Å². The van der Waals surface area contributed by atoms with Gasteiger partial charge in [0.2, 0.25) is 0 Å². The second-order valence-electron chi connectivity index (χ2n) is 4.50. The number of alkyl halides is 1. The normalized spacial score (nSPS) is 20.4. The first kappa shape index (κ1) is 12.9. The van der Waals surface area contributed by atoms with E-state index in [1.54, 1.807) is 30.3 Å². The Morgan fingerprint density at radius 2 is 1.95 bits per heavy atom. The third-order valence-corrected chi connectivity index (χ3v) is 3.98. The van der Waals surface area contributed by atoms with Crippen molar-refractivity contribution in [2.75, 3.05) is 12.4 Å². The van der Waals surface area contributed by atoms with E-state index in [4.69, 9.17) is 16.3 Å². The van der Waals surface area contributed by atoms with Crippen molar-refractivity contribution in [3.05, 3.63) is 59.4 Å². The van der Waals surface area contributed by atoms with Crippen LogP contribution < -0.4 is 10.1 Å². The van der Waals surface area contributed by atoms with Gasteiger partial charge in [0.05, 0.1) is 12.8 Å². The number of hydrogen-bond acceptors (Lipinski definition) is 2. The molecule has 2 aromatic carbocycles. The molecular weight excluding hydrogens is 281 g/mol. The number of rotatable bonds is 2. The average Bonchev–Trinajstić information content (AvgIpc) is 2.71. The van der Waals surface area contributed by atoms with Crippen LogP contribution >= 0.6 is 11.6 Å². The zero-order valence-corrected chi connectivity index (χ0v) is 11.4. The van der Waals surface area contributed by atoms with Crippen molar-refractivity contribution in [3.8, 4) is 5.75 Å². The SMILES string of the molecule is COc1ccc2c(c1)NC(=O)C2(Cl)c1ccccc1F. The summed E-state index contributed by atoms with van der Waals surface area (Å²) in [5.74, 6) is -0.382. The van der Waals surface area contributed by atoms with E-state index >= 15 is 0 Å². The predicted molar refractivity (Wildman–Crippen MR) is 74.7 cm³/mol. The fourth-order valence-electron chi connectivity index (χ4n) is 2.39. The molecule has 0 aromatic heterocycles. The molecule has 1 aliphatic rings. The smallest absolute Gasteiger partial charge is 0.254 e. The molecule has 1 aliphatic heterocycles. The van der Waals surface area contributed by atoms with Gasteiger partial charge < -0.3 is 10.1 Å². The number of halogens is 2. The lowest BCUT2D eigenvalue weighted by molar-refractivity contribution is -0.117. The van der Waals surface area contributed by atoms with Gasteiger partial charge in [-0.15, -0.1) is 0 Å². The van der Waals surface area contributed by atoms with Gasteiger partial charge >= 0.3 is 0 Å². The molecule has 5 heteroatoms. The van der Waals surface area contributed by atoms with Crippen LogP contribution in [0.4, 0.5) is 10.1 Å². The van der Waals surface area contributed by atoms with Crippen LogP contribution in [0.5, 0.6) is 5.75 Å². The molecule has 1 amide bonds. The Bertz CT molecular complexity index is 704. The van der Waals surface area contributed by atoms with E-state index in [1.165, 1.54) is 19.2 Å². The van der Waals surface area contributed by atoms with Crippen molar-refractivity contribution >= 4 is 23.2 Å². The molecule has 3 rings (SSSR count). The summed E-state index contributed by atoms with van der Waals surface area (Å²) >= 11 is 6.49. The lowest BCUT2D eigenvalue weighted by atomic mass is 9.91. The molecule has 102 valence electrons. The van der Waals surface area contributed by atoms with Crippen LogP contribution in [0.2, 0.25) is 0 Å². The summed E-state index contributed by atoms with van der Waals surface area (Å²) in [4.78, 5) is 10.7. The van der Waals surface area contributed by atoms with E-state index in [2.05, 4.69) is 5.32 Å². The monoisotopic (exact) mass is 291 g/mol. The highest BCUT2D eigenvalue weighted by Crippen LogP contribution is 2.47. The van der Waals surface area contributed by atoms with Crippen LogP contribution in [0.15, 0.2) is 42.5 Å². The fourth-order valence-corrected chi connectivity index (χ4v) is 2.76. The Morgan fingerprint density at radius 1 is 1.20 bits per heavy atom. The molecule has 0 aliphatic carbocycles. The Morgan fingerprint density at radius 3 is 2.65 bits per heavy atom. The van der Waals surface area contributed by atoms with Gasteiger partial charge in [0.15, 0.2) is 4.87 Å². The molecule has 1 heterocycles. The van der Waals surface area contributed by atoms with Gasteiger partial charge in [-0.3, -0.25) is 4.79 Å². The first-order valence-corrected chi connectivity index (χ1v) is 6.39. The van der Waals surface area contributed by atoms with Gasteiger partial charge in [0.1, 0.15) is 11.6 Å². The van der Waals surface area contributed by atoms with Crippen LogP contribution in [-0.4, -0.2) is 13.0 Å². The summed E-state index contributed by atoms with van der Waals surface area (Å²) in [6.45, 7) is 0. The Balaban J connectivity index is 2.21. The van der Waals surface area contributed by atoms with Crippen molar-refractivity contribution in [1.82, 2.24) is 0 Å². The van der Waals surface area contributed by atoms with Crippen LogP contribution in [0.25, 0.3) is 0 Å². The zero-order chi connectivity index (χ0) is 14.3. The summed E-state index contributed by atoms with van der Waals surface area (Å²) in [5.41, 5.74) is 1.20. The average molecular weight is 292 g/mol. The van der Waals surface area contributed by atoms with E-state index in [0.717, 1.165) is 0 Å². The third kappa shape index (κ3) is 1.68. The Labute approximate surface area is 120 Å². The maximum absolute atomic E-state index is 14.0. The lowest BCUT2D eigenvalue weighted by Crippen LogP contribution is -2.30. The molecule has 3 nitrogen and oxygen atoms in total. The van der Waals surface area contributed by atoms with Gasteiger partial charge in [-0.05, 0) is 12.1 Å². The molecule has 0 spiro atoms. The van der Waals surface area contributed by atoms with Gasteiger partial charge in [-0.25, -0.2) is 4.39 Å². The van der Waals surface area contributed by atoms with Crippen molar-refractivity contribution in [2.45, 2.75) is 4.87 Å². The van der Waals surface area contributed by atoms with Crippen molar-refractivity contribution in [2.24, 2.45) is 0 Å². The highest BCUT2D eigenvalue weighted by atomic mass is 35.5. The number of anilines is 1. The fraction of sp³-hybridized carbons (Fsp3) is 0.133. The molecule has 1 N–H and O–H groups in total. The minimum absolute atomic E-state index is 0.142. The standard InChI is InChI=1S/C15H11ClFNO2/c1-20-9-6-7-11-13(8-9)18-14(19)15(11,16)10-4-2-3-5-12(10)17/h2-8H,1H3,(H,18,19). The number of amides is 1. The first-order chi connectivity index (χ1) is 9.57. The number of carbonyl (C=O) groups is 1. The van der Waals surface area contributed by atoms with Crippen molar-refractivity contribution in [1.29, 1.82) is 0 Å². The summed E-state index contributed by atoms with van der Waals surface area (Å²) in [6, 6.07) is 11.0. The van der Waals surface area contributed by atoms with E-state index < -0.39 is 16.6 Å². The number of benzene rings is 2. The maximum Gasteiger partial charge on any atom is 0.254 e. The molecule has 0 bridgehead atoms. The molecular formula is C15H11ClFNO2. The van der Waals surface area contributed by atoms with Crippen LogP contribution in [0, 0.1) is 5.82 Å². The largest absolute Gasteiger partial charge is 0.497 e. The van der Waals surface area contributed by atoms with Crippen LogP contribution in [-0.2, 0) is 9.67 Å². The maximum atomic E-state index is 14.0. The van der Waals surface area contributed by atoms with E-state index in [9.17, 15) is 9.18 Å². The number of carbonyl (C=O) groups excluding carboxylic acids is 1. The number of methoxy groups -OCH3 is 1. The molecule has 1 atom stereocenters. The minimum atomic E-state index is -1.55. The molecule has 20 heavy (non-hydrogen) atoms. The molecule has 1 unspecified atom stereocenters. The zero-order valence-electron chi connectivity index (χ0n) is 10.6. The van der Waals surface area contributed by atoms with Crippen LogP contribution in [0.1, 0.15) is 11.1 Å². The Kier molecular flexibility index (Phi) is 2.91. The lowest BCUT2D eigenvalue weighted by Gasteiger charge is -2.20. The quantitative estimate of drug-likeness (QED) is 0.863. The third-order valence-electron chi connectivity index (χ3n) is 3.40. The summed E-state index contributed by atoms with van der Waals surface area (Å²) in [6.07, 6.45) is 0. The number of ether oxygens (including phenoxy) is 1. The van der Waals surface area contributed by atoms with Crippen molar-refractivity contribution in [3.63, 3.8) is 0 Å². The molecule has 0 radical (unpaired) electrons. The second kappa shape index (κ2) is 4.49. The molecule has 2 aromatic rings. The number of nitrogens with one attached hydrogen (secondary N) is 1.